The van der Waals surface area contributed by atoms with Crippen LogP contribution in [0.4, 0.5) is 11.8 Å². The Morgan fingerprint density at radius 1 is 1.41 bits per heavy atom. The Morgan fingerprint density at radius 3 is 2.73 bits per heavy atom. The summed E-state index contributed by atoms with van der Waals surface area (Å²) < 4.78 is 0. The van der Waals surface area contributed by atoms with Crippen molar-refractivity contribution in [3.05, 3.63) is 11.8 Å². The molecule has 7 heteroatoms. The lowest BCUT2D eigenvalue weighted by molar-refractivity contribution is 0.124. The molecular formula is C15H25N5OS. The molecule has 122 valence electrons. The van der Waals surface area contributed by atoms with Gasteiger partial charge >= 0.3 is 0 Å². The molecule has 1 aliphatic carbocycles. The third-order valence-electron chi connectivity index (χ3n) is 3.53. The highest BCUT2D eigenvalue weighted by molar-refractivity contribution is 7.80. The summed E-state index contributed by atoms with van der Waals surface area (Å²) in [7, 11) is 0. The summed E-state index contributed by atoms with van der Waals surface area (Å²) in [6.07, 6.45) is 4.96. The van der Waals surface area contributed by atoms with Gasteiger partial charge in [-0.3, -0.25) is 0 Å². The summed E-state index contributed by atoms with van der Waals surface area (Å²) in [5.41, 5.74) is 6.26. The second-order valence-electron chi connectivity index (χ2n) is 6.86. The normalized spacial score (nSPS) is 22.2. The van der Waals surface area contributed by atoms with E-state index < -0.39 is 0 Å². The van der Waals surface area contributed by atoms with E-state index in [0.717, 1.165) is 19.3 Å². The van der Waals surface area contributed by atoms with Gasteiger partial charge in [0.15, 0.2) is 0 Å². The van der Waals surface area contributed by atoms with Gasteiger partial charge in [-0.2, -0.15) is 4.98 Å². The summed E-state index contributed by atoms with van der Waals surface area (Å²) in [5, 5.41) is 16.4. The zero-order chi connectivity index (χ0) is 16.3. The van der Waals surface area contributed by atoms with Crippen LogP contribution in [-0.2, 0) is 0 Å². The minimum atomic E-state index is -0.256. The van der Waals surface area contributed by atoms with E-state index in [4.69, 9.17) is 18.0 Å². The van der Waals surface area contributed by atoms with Crippen LogP contribution in [0.2, 0.25) is 0 Å². The third-order valence-corrected chi connectivity index (χ3v) is 3.75. The van der Waals surface area contributed by atoms with Crippen molar-refractivity contribution in [1.82, 2.24) is 9.97 Å². The fraction of sp³-hybridized carbons (Fsp3) is 0.667. The van der Waals surface area contributed by atoms with Gasteiger partial charge in [-0.15, -0.1) is 0 Å². The fourth-order valence-electron chi connectivity index (χ4n) is 2.56. The van der Waals surface area contributed by atoms with Crippen LogP contribution in [0.25, 0.3) is 0 Å². The number of thiocarbonyl (C=S) groups is 1. The van der Waals surface area contributed by atoms with E-state index in [0.29, 0.717) is 23.8 Å². The highest BCUT2D eigenvalue weighted by Crippen LogP contribution is 2.24. The summed E-state index contributed by atoms with van der Waals surface area (Å²) in [4.78, 5) is 9.06. The molecule has 0 aliphatic heterocycles. The first-order valence-corrected chi connectivity index (χ1v) is 8.05. The molecular weight excluding hydrogens is 298 g/mol. The standard InChI is InChI=1S/C15H25N5OS/c1-15(2,3)20-14-17-8-11(12(16)22)13(19-14)18-9-5-4-6-10(21)7-9/h8-10,21H,4-7H2,1-3H3,(H2,16,22)(H2,17,18,19,20). The zero-order valence-electron chi connectivity index (χ0n) is 13.4. The van der Waals surface area contributed by atoms with Crippen LogP contribution in [0.1, 0.15) is 52.0 Å². The molecule has 1 fully saturated rings. The number of aromatic nitrogens is 2. The zero-order valence-corrected chi connectivity index (χ0v) is 14.2. The van der Waals surface area contributed by atoms with E-state index in [-0.39, 0.29) is 22.7 Å². The van der Waals surface area contributed by atoms with Crippen LogP contribution in [0.3, 0.4) is 0 Å². The first kappa shape index (κ1) is 16.9. The monoisotopic (exact) mass is 323 g/mol. The number of nitrogens with one attached hydrogen (secondary N) is 2. The van der Waals surface area contributed by atoms with Crippen molar-refractivity contribution in [2.24, 2.45) is 5.73 Å². The van der Waals surface area contributed by atoms with Crippen LogP contribution < -0.4 is 16.4 Å². The van der Waals surface area contributed by atoms with Crippen LogP contribution in [-0.4, -0.2) is 37.7 Å². The van der Waals surface area contributed by atoms with E-state index >= 15 is 0 Å². The average Bonchev–Trinajstić information content (AvgIpc) is 2.36. The predicted molar refractivity (Wildman–Crippen MR) is 93.2 cm³/mol. The minimum Gasteiger partial charge on any atom is -0.393 e. The van der Waals surface area contributed by atoms with Crippen molar-refractivity contribution in [3.8, 4) is 0 Å². The van der Waals surface area contributed by atoms with Crippen molar-refractivity contribution in [2.45, 2.75) is 64.1 Å². The minimum absolute atomic E-state index is 0.136. The Kier molecular flexibility index (Phi) is 5.18. The fourth-order valence-corrected chi connectivity index (χ4v) is 2.71. The Balaban J connectivity index is 2.21. The predicted octanol–water partition coefficient (Wildman–Crippen LogP) is 2.04. The van der Waals surface area contributed by atoms with E-state index in [2.05, 4.69) is 20.6 Å². The SMILES string of the molecule is CC(C)(C)Nc1ncc(C(N)=S)c(NC2CCCC(O)C2)n1. The molecule has 0 amide bonds. The Morgan fingerprint density at radius 2 is 2.14 bits per heavy atom. The molecule has 0 aromatic carbocycles. The highest BCUT2D eigenvalue weighted by atomic mass is 32.1. The molecule has 0 radical (unpaired) electrons. The van der Waals surface area contributed by atoms with Gasteiger partial charge in [0, 0.05) is 17.8 Å². The maximum Gasteiger partial charge on any atom is 0.225 e. The molecule has 0 bridgehead atoms. The van der Waals surface area contributed by atoms with Gasteiger partial charge in [-0.05, 0) is 46.5 Å². The van der Waals surface area contributed by atoms with Crippen molar-refractivity contribution in [1.29, 1.82) is 0 Å². The van der Waals surface area contributed by atoms with Crippen molar-refractivity contribution >= 4 is 29.0 Å². The smallest absolute Gasteiger partial charge is 0.225 e. The van der Waals surface area contributed by atoms with Crippen LogP contribution >= 0.6 is 12.2 Å². The number of hydrogen-bond donors (Lipinski definition) is 4. The van der Waals surface area contributed by atoms with Crippen LogP contribution in [0.15, 0.2) is 6.20 Å². The van der Waals surface area contributed by atoms with Gasteiger partial charge in [-0.25, -0.2) is 4.98 Å². The molecule has 0 spiro atoms. The largest absolute Gasteiger partial charge is 0.393 e. The molecule has 1 aliphatic rings. The molecule has 22 heavy (non-hydrogen) atoms. The van der Waals surface area contributed by atoms with E-state index in [9.17, 15) is 5.11 Å². The van der Waals surface area contributed by atoms with E-state index in [1.54, 1.807) is 6.20 Å². The molecule has 0 saturated heterocycles. The summed E-state index contributed by atoms with van der Waals surface area (Å²) in [5.74, 6) is 1.17. The first-order valence-electron chi connectivity index (χ1n) is 7.64. The number of anilines is 2. The number of aliphatic hydroxyl groups excluding tert-OH is 1. The Bertz CT molecular complexity index is 543. The molecule has 5 N–H and O–H groups in total. The lowest BCUT2D eigenvalue weighted by Crippen LogP contribution is -2.32. The number of hydrogen-bond acceptors (Lipinski definition) is 6. The quantitative estimate of drug-likeness (QED) is 0.630. The molecule has 2 unspecified atom stereocenters. The molecule has 2 atom stereocenters. The summed E-state index contributed by atoms with van der Waals surface area (Å²) >= 11 is 5.08. The second-order valence-corrected chi connectivity index (χ2v) is 7.30. The van der Waals surface area contributed by atoms with Gasteiger partial charge < -0.3 is 21.5 Å². The van der Waals surface area contributed by atoms with E-state index in [1.165, 1.54) is 0 Å². The topological polar surface area (TPSA) is 96.1 Å². The highest BCUT2D eigenvalue weighted by Gasteiger charge is 2.22. The molecule has 6 nitrogen and oxygen atoms in total. The summed E-state index contributed by atoms with van der Waals surface area (Å²) in [6.45, 7) is 6.13. The molecule has 2 rings (SSSR count). The maximum absolute atomic E-state index is 9.81. The van der Waals surface area contributed by atoms with E-state index in [1.807, 2.05) is 20.8 Å². The van der Waals surface area contributed by atoms with Gasteiger partial charge in [0.05, 0.1) is 11.7 Å². The van der Waals surface area contributed by atoms with Gasteiger partial charge in [0.25, 0.3) is 0 Å². The average molecular weight is 323 g/mol. The van der Waals surface area contributed by atoms with Gasteiger partial charge in [0.1, 0.15) is 10.8 Å². The summed E-state index contributed by atoms with van der Waals surface area (Å²) in [6, 6.07) is 0.175. The lowest BCUT2D eigenvalue weighted by atomic mass is 9.93. The molecule has 1 aromatic rings. The number of rotatable bonds is 4. The van der Waals surface area contributed by atoms with Crippen molar-refractivity contribution in [2.75, 3.05) is 10.6 Å². The Labute approximate surface area is 136 Å². The molecule has 1 aromatic heterocycles. The number of aliphatic hydroxyl groups is 1. The van der Waals surface area contributed by atoms with Crippen molar-refractivity contribution in [3.63, 3.8) is 0 Å². The number of nitrogens with two attached hydrogens (primary N) is 1. The maximum atomic E-state index is 9.81. The van der Waals surface area contributed by atoms with Crippen LogP contribution in [0, 0.1) is 0 Å². The van der Waals surface area contributed by atoms with Crippen LogP contribution in [0.5, 0.6) is 0 Å². The third kappa shape index (κ3) is 4.78. The molecule has 1 saturated carbocycles. The Hall–Kier alpha value is -1.47. The first-order chi connectivity index (χ1) is 10.2. The number of nitrogens with zero attached hydrogens (tertiary/aromatic N) is 2. The van der Waals surface area contributed by atoms with Gasteiger partial charge in [0.2, 0.25) is 5.95 Å². The van der Waals surface area contributed by atoms with Gasteiger partial charge in [-0.1, -0.05) is 12.2 Å². The molecule has 1 heterocycles. The lowest BCUT2D eigenvalue weighted by Gasteiger charge is -2.28. The second kappa shape index (κ2) is 6.75. The van der Waals surface area contributed by atoms with Crippen molar-refractivity contribution < 1.29 is 5.11 Å².